The normalized spacial score (nSPS) is 11.2. The number of halogens is 1. The zero-order chi connectivity index (χ0) is 20.7. The molecule has 148 valence electrons. The minimum absolute atomic E-state index is 0.307. The molecule has 0 spiro atoms. The Hall–Kier alpha value is -3.21. The summed E-state index contributed by atoms with van der Waals surface area (Å²) in [4.78, 5) is 4.71. The van der Waals surface area contributed by atoms with Crippen molar-refractivity contribution in [2.24, 2.45) is 0 Å². The van der Waals surface area contributed by atoms with E-state index in [0.717, 1.165) is 16.6 Å². The van der Waals surface area contributed by atoms with Gasteiger partial charge in [-0.1, -0.05) is 23.8 Å². The number of aromatic nitrogens is 3. The first kappa shape index (κ1) is 19.1. The van der Waals surface area contributed by atoms with Crippen molar-refractivity contribution in [3.05, 3.63) is 81.8 Å². The quantitative estimate of drug-likeness (QED) is 0.451. The van der Waals surface area contributed by atoms with E-state index in [9.17, 15) is 4.39 Å². The van der Waals surface area contributed by atoms with Crippen molar-refractivity contribution < 1.29 is 9.13 Å². The maximum atomic E-state index is 13.7. The summed E-state index contributed by atoms with van der Waals surface area (Å²) in [7, 11) is 0. The number of pyridine rings is 1. The van der Waals surface area contributed by atoms with Crippen molar-refractivity contribution in [3.63, 3.8) is 0 Å². The third-order valence-electron chi connectivity index (χ3n) is 5.24. The van der Waals surface area contributed by atoms with E-state index in [1.165, 1.54) is 34.4 Å². The van der Waals surface area contributed by atoms with Crippen LogP contribution in [-0.2, 0) is 6.61 Å². The molecule has 0 aliphatic rings. The molecule has 0 radical (unpaired) electrons. The molecule has 2 aromatic carbocycles. The van der Waals surface area contributed by atoms with Gasteiger partial charge in [0.15, 0.2) is 5.65 Å². The van der Waals surface area contributed by atoms with E-state index in [1.54, 1.807) is 10.7 Å². The van der Waals surface area contributed by atoms with Crippen molar-refractivity contribution in [3.8, 4) is 11.6 Å². The molecule has 0 amide bonds. The van der Waals surface area contributed by atoms with Crippen molar-refractivity contribution in [1.29, 1.82) is 0 Å². The Labute approximate surface area is 170 Å². The van der Waals surface area contributed by atoms with Crippen LogP contribution in [0.1, 0.15) is 33.5 Å². The Kier molecular flexibility index (Phi) is 4.82. The smallest absolute Gasteiger partial charge is 0.215 e. The standard InChI is InChI=1S/C24H24FN3O/c1-14-9-15(2)21(16(3)10-14)13-29-22-11-17(4)23-18(5)27-28(24(23)26-22)20-8-6-7-19(25)12-20/h6-12H,13H2,1-5H3. The molecule has 0 aliphatic carbocycles. The van der Waals surface area contributed by atoms with Crippen LogP contribution in [0.3, 0.4) is 0 Å². The van der Waals surface area contributed by atoms with E-state index in [1.807, 2.05) is 26.0 Å². The predicted octanol–water partition coefficient (Wildman–Crippen LogP) is 5.68. The Bertz CT molecular complexity index is 1200. The summed E-state index contributed by atoms with van der Waals surface area (Å²) in [6.07, 6.45) is 0. The largest absolute Gasteiger partial charge is 0.473 e. The summed E-state index contributed by atoms with van der Waals surface area (Å²) >= 11 is 0. The fourth-order valence-corrected chi connectivity index (χ4v) is 3.92. The van der Waals surface area contributed by atoms with Gasteiger partial charge in [0, 0.05) is 11.5 Å². The zero-order valence-electron chi connectivity index (χ0n) is 17.4. The minimum Gasteiger partial charge on any atom is -0.473 e. The summed E-state index contributed by atoms with van der Waals surface area (Å²) in [5, 5.41) is 5.55. The van der Waals surface area contributed by atoms with Crippen molar-refractivity contribution in [2.45, 2.75) is 41.2 Å². The second-order valence-corrected chi connectivity index (χ2v) is 7.62. The molecule has 0 aliphatic heterocycles. The predicted molar refractivity (Wildman–Crippen MR) is 113 cm³/mol. The van der Waals surface area contributed by atoms with Crippen LogP contribution in [0.2, 0.25) is 0 Å². The van der Waals surface area contributed by atoms with Gasteiger partial charge in [0.25, 0.3) is 0 Å². The van der Waals surface area contributed by atoms with Crippen LogP contribution in [0.25, 0.3) is 16.7 Å². The van der Waals surface area contributed by atoms with Gasteiger partial charge in [-0.05, 0) is 75.1 Å². The van der Waals surface area contributed by atoms with E-state index in [-0.39, 0.29) is 5.82 Å². The van der Waals surface area contributed by atoms with Gasteiger partial charge in [-0.15, -0.1) is 0 Å². The second-order valence-electron chi connectivity index (χ2n) is 7.62. The average molecular weight is 389 g/mol. The summed E-state index contributed by atoms with van der Waals surface area (Å²) in [6.45, 7) is 10.7. The molecule has 0 atom stereocenters. The van der Waals surface area contributed by atoms with Gasteiger partial charge in [0.1, 0.15) is 12.4 Å². The van der Waals surface area contributed by atoms with Crippen LogP contribution >= 0.6 is 0 Å². The molecular formula is C24H24FN3O. The average Bonchev–Trinajstić information content (AvgIpc) is 2.98. The first-order chi connectivity index (χ1) is 13.8. The molecule has 0 unspecified atom stereocenters. The van der Waals surface area contributed by atoms with Gasteiger partial charge in [-0.3, -0.25) is 0 Å². The molecule has 2 heterocycles. The number of hydrogen-bond donors (Lipinski definition) is 0. The third-order valence-corrected chi connectivity index (χ3v) is 5.24. The Balaban J connectivity index is 1.74. The van der Waals surface area contributed by atoms with Crippen LogP contribution < -0.4 is 4.74 Å². The fourth-order valence-electron chi connectivity index (χ4n) is 3.92. The van der Waals surface area contributed by atoms with Crippen LogP contribution in [0, 0.1) is 40.4 Å². The number of ether oxygens (including phenoxy) is 1. The molecule has 0 saturated heterocycles. The lowest BCUT2D eigenvalue weighted by atomic mass is 10.0. The lowest BCUT2D eigenvalue weighted by molar-refractivity contribution is 0.293. The molecule has 0 N–H and O–H groups in total. The summed E-state index contributed by atoms with van der Waals surface area (Å²) < 4.78 is 21.5. The minimum atomic E-state index is -0.307. The molecule has 5 heteroatoms. The van der Waals surface area contributed by atoms with Crippen LogP contribution in [0.4, 0.5) is 4.39 Å². The number of fused-ring (bicyclic) bond motifs is 1. The van der Waals surface area contributed by atoms with Gasteiger partial charge in [0.05, 0.1) is 11.4 Å². The molecule has 29 heavy (non-hydrogen) atoms. The number of benzene rings is 2. The molecule has 2 aromatic heterocycles. The summed E-state index contributed by atoms with van der Waals surface area (Å²) in [5.74, 6) is 0.227. The second kappa shape index (κ2) is 7.32. The lowest BCUT2D eigenvalue weighted by Crippen LogP contribution is -2.04. The molecule has 4 nitrogen and oxygen atoms in total. The fraction of sp³-hybridized carbons (Fsp3) is 0.250. The zero-order valence-corrected chi connectivity index (χ0v) is 17.4. The first-order valence-electron chi connectivity index (χ1n) is 9.66. The van der Waals surface area contributed by atoms with Gasteiger partial charge in [-0.2, -0.15) is 10.1 Å². The lowest BCUT2D eigenvalue weighted by Gasteiger charge is -2.13. The molecule has 0 saturated carbocycles. The van der Waals surface area contributed by atoms with Gasteiger partial charge in [0.2, 0.25) is 5.88 Å². The molecular weight excluding hydrogens is 365 g/mol. The van der Waals surface area contributed by atoms with Crippen LogP contribution in [0.15, 0.2) is 42.5 Å². The van der Waals surface area contributed by atoms with E-state index in [4.69, 9.17) is 9.72 Å². The number of hydrogen-bond acceptors (Lipinski definition) is 3. The van der Waals surface area contributed by atoms with Gasteiger partial charge >= 0.3 is 0 Å². The topological polar surface area (TPSA) is 39.9 Å². The van der Waals surface area contributed by atoms with E-state index in [0.29, 0.717) is 23.8 Å². The van der Waals surface area contributed by atoms with Crippen LogP contribution in [0.5, 0.6) is 5.88 Å². The molecule has 0 bridgehead atoms. The number of rotatable bonds is 4. The number of aryl methyl sites for hydroxylation is 5. The highest BCUT2D eigenvalue weighted by Crippen LogP contribution is 2.27. The first-order valence-corrected chi connectivity index (χ1v) is 9.66. The van der Waals surface area contributed by atoms with Crippen LogP contribution in [-0.4, -0.2) is 14.8 Å². The van der Waals surface area contributed by atoms with E-state index >= 15 is 0 Å². The summed E-state index contributed by atoms with van der Waals surface area (Å²) in [6, 6.07) is 12.6. The Morgan fingerprint density at radius 1 is 0.931 bits per heavy atom. The van der Waals surface area contributed by atoms with E-state index in [2.05, 4.69) is 38.0 Å². The highest BCUT2D eigenvalue weighted by atomic mass is 19.1. The molecule has 0 fully saturated rings. The monoisotopic (exact) mass is 389 g/mol. The van der Waals surface area contributed by atoms with Crippen molar-refractivity contribution >= 4 is 11.0 Å². The highest BCUT2D eigenvalue weighted by molar-refractivity contribution is 5.83. The third kappa shape index (κ3) is 3.60. The van der Waals surface area contributed by atoms with Gasteiger partial charge < -0.3 is 4.74 Å². The molecule has 4 aromatic rings. The van der Waals surface area contributed by atoms with Crippen molar-refractivity contribution in [1.82, 2.24) is 14.8 Å². The Morgan fingerprint density at radius 2 is 1.66 bits per heavy atom. The molecule has 4 rings (SSSR count). The maximum Gasteiger partial charge on any atom is 0.215 e. The maximum absolute atomic E-state index is 13.7. The Morgan fingerprint density at radius 3 is 2.34 bits per heavy atom. The SMILES string of the molecule is Cc1cc(C)c(COc2cc(C)c3c(C)nn(-c4cccc(F)c4)c3n2)c(C)c1. The summed E-state index contributed by atoms with van der Waals surface area (Å²) in [5.41, 5.74) is 8.02. The van der Waals surface area contributed by atoms with E-state index < -0.39 is 0 Å². The van der Waals surface area contributed by atoms with Gasteiger partial charge in [-0.25, -0.2) is 9.07 Å². The number of nitrogens with zero attached hydrogens (tertiary/aromatic N) is 3. The van der Waals surface area contributed by atoms with Crippen molar-refractivity contribution in [2.75, 3.05) is 0 Å². The highest BCUT2D eigenvalue weighted by Gasteiger charge is 2.16.